The van der Waals surface area contributed by atoms with Gasteiger partial charge in [0.15, 0.2) is 0 Å². The number of anilines is 2. The van der Waals surface area contributed by atoms with Gasteiger partial charge in [-0.3, -0.25) is 19.3 Å². The first-order chi connectivity index (χ1) is 15.7. The fraction of sp³-hybridized carbons (Fsp3) is 0.304. The highest BCUT2D eigenvalue weighted by Gasteiger charge is 2.37. The molecule has 1 unspecified atom stereocenters. The summed E-state index contributed by atoms with van der Waals surface area (Å²) in [5, 5.41) is 7.06. The first-order valence-electron chi connectivity index (χ1n) is 10.5. The Morgan fingerprint density at radius 3 is 2.58 bits per heavy atom. The highest BCUT2D eigenvalue weighted by atomic mass is 19.4. The van der Waals surface area contributed by atoms with E-state index >= 15 is 0 Å². The summed E-state index contributed by atoms with van der Waals surface area (Å²) in [4.78, 5) is 31.9. The Kier molecular flexibility index (Phi) is 5.92. The number of benzene rings is 1. The van der Waals surface area contributed by atoms with Crippen LogP contribution in [0.1, 0.15) is 57.9 Å². The van der Waals surface area contributed by atoms with E-state index < -0.39 is 23.6 Å². The van der Waals surface area contributed by atoms with Gasteiger partial charge in [0.2, 0.25) is 0 Å². The first kappa shape index (κ1) is 22.5. The van der Waals surface area contributed by atoms with Crippen LogP contribution in [0, 0.1) is 6.92 Å². The SMILES string of the molecule is CCCC1CN(c2ccc(C(F)(F)F)cc2)C(=O)c2c(C(=O)Nc3ccnc(C)c3)cnn21. The van der Waals surface area contributed by atoms with Crippen LogP contribution in [0.3, 0.4) is 0 Å². The number of carbonyl (C=O) groups excluding carboxylic acids is 2. The van der Waals surface area contributed by atoms with Crippen molar-refractivity contribution in [1.82, 2.24) is 14.8 Å². The quantitative estimate of drug-likeness (QED) is 0.594. The van der Waals surface area contributed by atoms with Crippen molar-refractivity contribution in [2.75, 3.05) is 16.8 Å². The van der Waals surface area contributed by atoms with Gasteiger partial charge in [-0.15, -0.1) is 0 Å². The lowest BCUT2D eigenvalue weighted by Crippen LogP contribution is -2.44. The zero-order valence-corrected chi connectivity index (χ0v) is 18.1. The average molecular weight is 457 g/mol. The lowest BCUT2D eigenvalue weighted by Gasteiger charge is -2.34. The second-order valence-electron chi connectivity index (χ2n) is 7.89. The summed E-state index contributed by atoms with van der Waals surface area (Å²) < 4.78 is 40.4. The van der Waals surface area contributed by atoms with E-state index in [1.165, 1.54) is 23.2 Å². The van der Waals surface area contributed by atoms with Gasteiger partial charge in [-0.25, -0.2) is 0 Å². The predicted octanol–water partition coefficient (Wildman–Crippen LogP) is 4.86. The standard InChI is InChI=1S/C23H22F3N5O2/c1-3-4-18-13-30(17-7-5-15(6-8-17)23(24,25)26)22(33)20-19(12-28-31(18)20)21(32)29-16-9-10-27-14(2)11-16/h5-12,18H,3-4,13H2,1-2H3,(H,27,29,32). The van der Waals surface area contributed by atoms with Gasteiger partial charge in [0.1, 0.15) is 5.69 Å². The average Bonchev–Trinajstić information content (AvgIpc) is 3.21. The fourth-order valence-electron chi connectivity index (χ4n) is 3.94. The van der Waals surface area contributed by atoms with Crippen molar-refractivity contribution in [2.24, 2.45) is 0 Å². The Hall–Kier alpha value is -3.69. The van der Waals surface area contributed by atoms with E-state index in [9.17, 15) is 22.8 Å². The number of nitrogens with zero attached hydrogens (tertiary/aromatic N) is 4. The summed E-state index contributed by atoms with van der Waals surface area (Å²) in [6.07, 6.45) is -0.0619. The molecule has 0 spiro atoms. The number of pyridine rings is 1. The molecule has 1 aliphatic heterocycles. The Labute approximate surface area is 188 Å². The molecule has 7 nitrogen and oxygen atoms in total. The van der Waals surface area contributed by atoms with E-state index in [0.29, 0.717) is 17.8 Å². The maximum atomic E-state index is 13.4. The van der Waals surface area contributed by atoms with Crippen LogP contribution in [0.5, 0.6) is 0 Å². The highest BCUT2D eigenvalue weighted by Crippen LogP contribution is 2.34. The van der Waals surface area contributed by atoms with Gasteiger partial charge in [0.25, 0.3) is 11.8 Å². The molecule has 0 saturated heterocycles. The highest BCUT2D eigenvalue weighted by molar-refractivity contribution is 6.15. The number of fused-ring (bicyclic) bond motifs is 1. The minimum Gasteiger partial charge on any atom is -0.322 e. The molecule has 33 heavy (non-hydrogen) atoms. The minimum atomic E-state index is -4.47. The second-order valence-corrected chi connectivity index (χ2v) is 7.89. The summed E-state index contributed by atoms with van der Waals surface area (Å²) in [5.74, 6) is -0.990. The lowest BCUT2D eigenvalue weighted by molar-refractivity contribution is -0.137. The number of aromatic nitrogens is 3. The van der Waals surface area contributed by atoms with Crippen LogP contribution in [-0.4, -0.2) is 33.1 Å². The van der Waals surface area contributed by atoms with Crippen LogP contribution in [0.4, 0.5) is 24.5 Å². The van der Waals surface area contributed by atoms with Crippen LogP contribution in [0.15, 0.2) is 48.8 Å². The van der Waals surface area contributed by atoms with Crippen LogP contribution < -0.4 is 10.2 Å². The molecule has 1 N–H and O–H groups in total. The van der Waals surface area contributed by atoms with E-state index in [1.807, 2.05) is 6.92 Å². The van der Waals surface area contributed by atoms with Crippen LogP contribution >= 0.6 is 0 Å². The van der Waals surface area contributed by atoms with Crippen molar-refractivity contribution in [1.29, 1.82) is 0 Å². The van der Waals surface area contributed by atoms with Gasteiger partial charge in [-0.05, 0) is 49.7 Å². The number of aryl methyl sites for hydroxylation is 1. The van der Waals surface area contributed by atoms with Gasteiger partial charge in [-0.1, -0.05) is 13.3 Å². The van der Waals surface area contributed by atoms with Gasteiger partial charge < -0.3 is 10.2 Å². The number of halogens is 3. The molecule has 3 heterocycles. The lowest BCUT2D eigenvalue weighted by atomic mass is 10.0. The zero-order valence-electron chi connectivity index (χ0n) is 18.1. The number of nitrogens with one attached hydrogen (secondary N) is 1. The topological polar surface area (TPSA) is 80.1 Å². The Morgan fingerprint density at radius 2 is 1.94 bits per heavy atom. The third-order valence-corrected chi connectivity index (χ3v) is 5.51. The Balaban J connectivity index is 1.68. The molecule has 0 bridgehead atoms. The van der Waals surface area contributed by atoms with Crippen molar-refractivity contribution in [2.45, 2.75) is 38.9 Å². The van der Waals surface area contributed by atoms with Crippen molar-refractivity contribution >= 4 is 23.2 Å². The largest absolute Gasteiger partial charge is 0.416 e. The summed E-state index contributed by atoms with van der Waals surface area (Å²) in [6, 6.07) is 7.56. The zero-order chi connectivity index (χ0) is 23.8. The Bertz CT molecular complexity index is 1190. The molecule has 4 rings (SSSR count). The van der Waals surface area contributed by atoms with Crippen molar-refractivity contribution in [3.8, 4) is 0 Å². The maximum absolute atomic E-state index is 13.4. The number of amides is 2. The monoisotopic (exact) mass is 457 g/mol. The molecule has 1 aliphatic rings. The third kappa shape index (κ3) is 4.46. The van der Waals surface area contributed by atoms with Crippen molar-refractivity contribution in [3.05, 3.63) is 71.3 Å². The molecule has 1 atom stereocenters. The van der Waals surface area contributed by atoms with E-state index in [2.05, 4.69) is 15.4 Å². The molecule has 0 fully saturated rings. The number of rotatable bonds is 5. The number of hydrogen-bond donors (Lipinski definition) is 1. The minimum absolute atomic E-state index is 0.104. The molecule has 172 valence electrons. The number of carbonyl (C=O) groups is 2. The molecule has 10 heteroatoms. The summed E-state index contributed by atoms with van der Waals surface area (Å²) in [7, 11) is 0. The first-order valence-corrected chi connectivity index (χ1v) is 10.5. The van der Waals surface area contributed by atoms with E-state index in [4.69, 9.17) is 0 Å². The molecule has 2 amide bonds. The Morgan fingerprint density at radius 1 is 1.21 bits per heavy atom. The molecule has 0 radical (unpaired) electrons. The summed E-state index contributed by atoms with van der Waals surface area (Å²) in [5.41, 5.74) is 1.00. The molecular weight excluding hydrogens is 435 g/mol. The fourth-order valence-corrected chi connectivity index (χ4v) is 3.94. The van der Waals surface area contributed by atoms with Crippen molar-refractivity contribution < 1.29 is 22.8 Å². The molecular formula is C23H22F3N5O2. The normalized spacial score (nSPS) is 16.0. The number of alkyl halides is 3. The van der Waals surface area contributed by atoms with Crippen LogP contribution in [-0.2, 0) is 6.18 Å². The van der Waals surface area contributed by atoms with E-state index in [1.54, 1.807) is 29.9 Å². The van der Waals surface area contributed by atoms with Gasteiger partial charge >= 0.3 is 6.18 Å². The van der Waals surface area contributed by atoms with Gasteiger partial charge in [0.05, 0.1) is 23.4 Å². The van der Waals surface area contributed by atoms with Crippen LogP contribution in [0.25, 0.3) is 0 Å². The predicted molar refractivity (Wildman–Crippen MR) is 116 cm³/mol. The van der Waals surface area contributed by atoms with Crippen molar-refractivity contribution in [3.63, 3.8) is 0 Å². The van der Waals surface area contributed by atoms with Gasteiger partial charge in [-0.2, -0.15) is 18.3 Å². The molecule has 0 aliphatic carbocycles. The van der Waals surface area contributed by atoms with Crippen LogP contribution in [0.2, 0.25) is 0 Å². The third-order valence-electron chi connectivity index (χ3n) is 5.51. The number of hydrogen-bond acceptors (Lipinski definition) is 4. The van der Waals surface area contributed by atoms with Gasteiger partial charge in [0, 0.05) is 29.8 Å². The molecule has 3 aromatic rings. The smallest absolute Gasteiger partial charge is 0.322 e. The molecule has 2 aromatic heterocycles. The maximum Gasteiger partial charge on any atom is 0.416 e. The van der Waals surface area contributed by atoms with E-state index in [0.717, 1.165) is 24.2 Å². The summed E-state index contributed by atoms with van der Waals surface area (Å²) in [6.45, 7) is 4.02. The molecule has 0 saturated carbocycles. The van der Waals surface area contributed by atoms with E-state index in [-0.39, 0.29) is 23.8 Å². The second kappa shape index (κ2) is 8.68. The molecule has 1 aromatic carbocycles. The summed E-state index contributed by atoms with van der Waals surface area (Å²) >= 11 is 0.